The Labute approximate surface area is 145 Å². The SMILES string of the molecule is Nc1ccc(C(=O)NCc2nc(CCOc3ccccc3)n[nH]2)cc1. The maximum atomic E-state index is 12.0. The highest BCUT2D eigenvalue weighted by Gasteiger charge is 2.08. The predicted octanol–water partition coefficient (Wildman–Crippen LogP) is 1.94. The van der Waals surface area contributed by atoms with Gasteiger partial charge in [0.2, 0.25) is 0 Å². The van der Waals surface area contributed by atoms with Crippen LogP contribution in [0.3, 0.4) is 0 Å². The van der Waals surface area contributed by atoms with E-state index in [1.807, 2.05) is 30.3 Å². The van der Waals surface area contributed by atoms with Crippen molar-refractivity contribution in [3.8, 4) is 5.75 Å². The number of para-hydroxylation sites is 1. The third kappa shape index (κ3) is 4.81. The van der Waals surface area contributed by atoms with Crippen molar-refractivity contribution < 1.29 is 9.53 Å². The van der Waals surface area contributed by atoms with Gasteiger partial charge in [-0.15, -0.1) is 0 Å². The van der Waals surface area contributed by atoms with Gasteiger partial charge in [0.05, 0.1) is 13.2 Å². The number of amides is 1. The smallest absolute Gasteiger partial charge is 0.251 e. The van der Waals surface area contributed by atoms with Gasteiger partial charge in [-0.25, -0.2) is 4.98 Å². The van der Waals surface area contributed by atoms with E-state index in [1.54, 1.807) is 24.3 Å². The van der Waals surface area contributed by atoms with Crippen LogP contribution < -0.4 is 15.8 Å². The Kier molecular flexibility index (Phi) is 5.26. The van der Waals surface area contributed by atoms with Gasteiger partial charge in [-0.3, -0.25) is 9.89 Å². The van der Waals surface area contributed by atoms with Crippen molar-refractivity contribution in [2.24, 2.45) is 0 Å². The molecule has 3 rings (SSSR count). The summed E-state index contributed by atoms with van der Waals surface area (Å²) in [6.45, 7) is 0.759. The Morgan fingerprint density at radius 3 is 2.64 bits per heavy atom. The van der Waals surface area contributed by atoms with Crippen molar-refractivity contribution in [2.45, 2.75) is 13.0 Å². The first-order chi connectivity index (χ1) is 12.2. The van der Waals surface area contributed by atoms with Crippen molar-refractivity contribution in [1.29, 1.82) is 0 Å². The van der Waals surface area contributed by atoms with Gasteiger partial charge in [-0.05, 0) is 36.4 Å². The molecule has 0 bridgehead atoms. The van der Waals surface area contributed by atoms with Crippen molar-refractivity contribution in [3.63, 3.8) is 0 Å². The lowest BCUT2D eigenvalue weighted by Gasteiger charge is -2.03. The summed E-state index contributed by atoms with van der Waals surface area (Å²) in [7, 11) is 0. The molecular formula is C18H19N5O2. The highest BCUT2D eigenvalue weighted by molar-refractivity contribution is 5.94. The zero-order chi connectivity index (χ0) is 17.5. The second-order valence-corrected chi connectivity index (χ2v) is 5.41. The van der Waals surface area contributed by atoms with Gasteiger partial charge in [0, 0.05) is 17.7 Å². The number of aromatic amines is 1. The lowest BCUT2D eigenvalue weighted by atomic mass is 10.2. The largest absolute Gasteiger partial charge is 0.493 e. The quantitative estimate of drug-likeness (QED) is 0.571. The molecule has 0 aliphatic carbocycles. The van der Waals surface area contributed by atoms with Gasteiger partial charge >= 0.3 is 0 Å². The predicted molar refractivity (Wildman–Crippen MR) is 94.0 cm³/mol. The number of rotatable bonds is 7. The summed E-state index contributed by atoms with van der Waals surface area (Å²) in [4.78, 5) is 16.4. The first-order valence-corrected chi connectivity index (χ1v) is 7.92. The molecule has 0 saturated carbocycles. The summed E-state index contributed by atoms with van der Waals surface area (Å²) >= 11 is 0. The van der Waals surface area contributed by atoms with Crippen molar-refractivity contribution in [2.75, 3.05) is 12.3 Å². The topological polar surface area (TPSA) is 106 Å². The molecule has 7 heteroatoms. The number of hydrogen-bond donors (Lipinski definition) is 3. The summed E-state index contributed by atoms with van der Waals surface area (Å²) in [5.41, 5.74) is 6.77. The minimum absolute atomic E-state index is 0.189. The summed E-state index contributed by atoms with van der Waals surface area (Å²) in [6.07, 6.45) is 0.581. The fourth-order valence-electron chi connectivity index (χ4n) is 2.20. The average molecular weight is 337 g/mol. The number of nitrogen functional groups attached to an aromatic ring is 1. The summed E-state index contributed by atoms with van der Waals surface area (Å²) < 4.78 is 5.61. The Morgan fingerprint density at radius 1 is 1.12 bits per heavy atom. The molecule has 1 amide bonds. The minimum Gasteiger partial charge on any atom is -0.493 e. The highest BCUT2D eigenvalue weighted by atomic mass is 16.5. The van der Waals surface area contributed by atoms with Crippen molar-refractivity contribution in [1.82, 2.24) is 20.5 Å². The number of benzene rings is 2. The van der Waals surface area contributed by atoms with Gasteiger partial charge in [-0.1, -0.05) is 18.2 Å². The van der Waals surface area contributed by atoms with Crippen LogP contribution in [0.5, 0.6) is 5.75 Å². The molecule has 0 aliphatic heterocycles. The Bertz CT molecular complexity index is 815. The Hall–Kier alpha value is -3.35. The number of H-pyrrole nitrogens is 1. The molecule has 2 aromatic carbocycles. The molecule has 4 N–H and O–H groups in total. The summed E-state index contributed by atoms with van der Waals surface area (Å²) in [5, 5.41) is 9.73. The number of hydrogen-bond acceptors (Lipinski definition) is 5. The van der Waals surface area contributed by atoms with Crippen LogP contribution in [0, 0.1) is 0 Å². The Morgan fingerprint density at radius 2 is 1.88 bits per heavy atom. The van der Waals surface area contributed by atoms with E-state index >= 15 is 0 Å². The van der Waals surface area contributed by atoms with E-state index in [1.165, 1.54) is 0 Å². The molecule has 1 aromatic heterocycles. The third-order valence-corrected chi connectivity index (χ3v) is 3.50. The molecule has 0 aliphatic rings. The second-order valence-electron chi connectivity index (χ2n) is 5.41. The number of aromatic nitrogens is 3. The van der Waals surface area contributed by atoms with Crippen LogP contribution in [0.4, 0.5) is 5.69 Å². The molecule has 3 aromatic rings. The van der Waals surface area contributed by atoms with E-state index in [4.69, 9.17) is 10.5 Å². The first-order valence-electron chi connectivity index (χ1n) is 7.92. The first kappa shape index (κ1) is 16.5. The van der Waals surface area contributed by atoms with E-state index in [2.05, 4.69) is 20.5 Å². The number of nitrogens with two attached hydrogens (primary N) is 1. The van der Waals surface area contributed by atoms with Crippen LogP contribution >= 0.6 is 0 Å². The molecule has 0 radical (unpaired) electrons. The minimum atomic E-state index is -0.189. The normalized spacial score (nSPS) is 10.4. The molecule has 0 fully saturated rings. The fourth-order valence-corrected chi connectivity index (χ4v) is 2.20. The van der Waals surface area contributed by atoms with Crippen LogP contribution in [0.15, 0.2) is 54.6 Å². The number of ether oxygens (including phenoxy) is 1. The van der Waals surface area contributed by atoms with E-state index in [0.29, 0.717) is 35.9 Å². The number of anilines is 1. The molecule has 7 nitrogen and oxygen atoms in total. The van der Waals surface area contributed by atoms with Gasteiger partial charge in [-0.2, -0.15) is 5.10 Å². The molecule has 0 spiro atoms. The summed E-state index contributed by atoms with van der Waals surface area (Å²) in [5.74, 6) is 1.87. The van der Waals surface area contributed by atoms with E-state index in [-0.39, 0.29) is 12.5 Å². The lowest BCUT2D eigenvalue weighted by Crippen LogP contribution is -2.23. The van der Waals surface area contributed by atoms with E-state index in [0.717, 1.165) is 5.75 Å². The zero-order valence-electron chi connectivity index (χ0n) is 13.6. The van der Waals surface area contributed by atoms with Crippen molar-refractivity contribution >= 4 is 11.6 Å². The molecule has 128 valence electrons. The average Bonchev–Trinajstić information content (AvgIpc) is 3.09. The lowest BCUT2D eigenvalue weighted by molar-refractivity contribution is 0.0950. The second kappa shape index (κ2) is 7.96. The van der Waals surface area contributed by atoms with Crippen LogP contribution in [-0.2, 0) is 13.0 Å². The third-order valence-electron chi connectivity index (χ3n) is 3.50. The maximum absolute atomic E-state index is 12.0. The highest BCUT2D eigenvalue weighted by Crippen LogP contribution is 2.08. The van der Waals surface area contributed by atoms with Gasteiger partial charge < -0.3 is 15.8 Å². The van der Waals surface area contributed by atoms with E-state index < -0.39 is 0 Å². The number of carbonyl (C=O) groups is 1. The number of nitrogens with zero attached hydrogens (tertiary/aromatic N) is 2. The van der Waals surface area contributed by atoms with Gasteiger partial charge in [0.15, 0.2) is 5.82 Å². The standard InChI is InChI=1S/C18H19N5O2/c19-14-8-6-13(7-9-14)18(24)20-12-17-21-16(22-23-17)10-11-25-15-4-2-1-3-5-15/h1-9H,10-12,19H2,(H,20,24)(H,21,22,23). The zero-order valence-corrected chi connectivity index (χ0v) is 13.6. The molecule has 0 atom stereocenters. The van der Waals surface area contributed by atoms with Gasteiger partial charge in [0.1, 0.15) is 11.6 Å². The fraction of sp³-hybridized carbons (Fsp3) is 0.167. The monoisotopic (exact) mass is 337 g/mol. The van der Waals surface area contributed by atoms with Crippen LogP contribution in [0.25, 0.3) is 0 Å². The molecular weight excluding hydrogens is 318 g/mol. The van der Waals surface area contributed by atoms with E-state index in [9.17, 15) is 4.79 Å². The number of nitrogens with one attached hydrogen (secondary N) is 2. The van der Waals surface area contributed by atoms with Gasteiger partial charge in [0.25, 0.3) is 5.91 Å². The van der Waals surface area contributed by atoms with Crippen molar-refractivity contribution in [3.05, 3.63) is 71.8 Å². The molecule has 0 saturated heterocycles. The maximum Gasteiger partial charge on any atom is 0.251 e. The molecule has 25 heavy (non-hydrogen) atoms. The summed E-state index contributed by atoms with van der Waals surface area (Å²) in [6, 6.07) is 16.3. The number of carbonyl (C=O) groups excluding carboxylic acids is 1. The van der Waals surface area contributed by atoms with Crippen LogP contribution in [-0.4, -0.2) is 27.7 Å². The van der Waals surface area contributed by atoms with Crippen LogP contribution in [0.2, 0.25) is 0 Å². The molecule has 1 heterocycles. The van der Waals surface area contributed by atoms with Crippen LogP contribution in [0.1, 0.15) is 22.0 Å². The Balaban J connectivity index is 1.45. The molecule has 0 unspecified atom stereocenters.